The number of piperazine rings is 1. The van der Waals surface area contributed by atoms with Gasteiger partial charge in [-0.2, -0.15) is 0 Å². The lowest BCUT2D eigenvalue weighted by Gasteiger charge is -2.27. The second-order valence-electron chi connectivity index (χ2n) is 5.44. The fraction of sp³-hybridized carbons (Fsp3) is 0.333. The summed E-state index contributed by atoms with van der Waals surface area (Å²) in [5.41, 5.74) is 10.2. The molecule has 1 fully saturated rings. The molecule has 1 aromatic carbocycles. The highest BCUT2D eigenvalue weighted by Gasteiger charge is 2.09. The van der Waals surface area contributed by atoms with E-state index in [1.807, 2.05) is 13.0 Å². The molecule has 0 atom stereocenters. The van der Waals surface area contributed by atoms with Crippen LogP contribution in [0, 0.1) is 0 Å². The summed E-state index contributed by atoms with van der Waals surface area (Å²) in [5, 5.41) is 3.38. The van der Waals surface area contributed by atoms with Gasteiger partial charge in [-0.15, -0.1) is 0 Å². The van der Waals surface area contributed by atoms with Gasteiger partial charge in [-0.1, -0.05) is 43.0 Å². The van der Waals surface area contributed by atoms with E-state index in [1.54, 1.807) is 6.20 Å². The van der Waals surface area contributed by atoms with Crippen LogP contribution in [0.1, 0.15) is 18.1 Å². The number of hydrogen-bond donors (Lipinski definition) is 2. The molecule has 3 heteroatoms. The average molecular weight is 283 g/mol. The zero-order chi connectivity index (χ0) is 15.1. The van der Waals surface area contributed by atoms with Crippen LogP contribution in [0.5, 0.6) is 0 Å². The van der Waals surface area contributed by atoms with Gasteiger partial charge in [0, 0.05) is 32.7 Å². The van der Waals surface area contributed by atoms with Gasteiger partial charge in [0.15, 0.2) is 0 Å². The molecule has 112 valence electrons. The molecule has 1 heterocycles. The maximum absolute atomic E-state index is 5.53. The summed E-state index contributed by atoms with van der Waals surface area (Å²) >= 11 is 0. The number of rotatable bonds is 5. The molecule has 0 amide bonds. The van der Waals surface area contributed by atoms with Gasteiger partial charge in [0.2, 0.25) is 0 Å². The second-order valence-corrected chi connectivity index (χ2v) is 5.44. The highest BCUT2D eigenvalue weighted by atomic mass is 15.2. The van der Waals surface area contributed by atoms with E-state index in [4.69, 9.17) is 5.73 Å². The molecule has 1 aliphatic heterocycles. The number of nitrogens with two attached hydrogens (primary N) is 1. The molecular weight excluding hydrogens is 258 g/mol. The van der Waals surface area contributed by atoms with Gasteiger partial charge < -0.3 is 11.1 Å². The van der Waals surface area contributed by atoms with Gasteiger partial charge in [-0.3, -0.25) is 4.90 Å². The number of nitrogens with one attached hydrogen (secondary N) is 1. The van der Waals surface area contributed by atoms with E-state index in [-0.39, 0.29) is 0 Å². The lowest BCUT2D eigenvalue weighted by Crippen LogP contribution is -2.42. The first-order valence-corrected chi connectivity index (χ1v) is 7.48. The minimum Gasteiger partial charge on any atom is -0.404 e. The van der Waals surface area contributed by atoms with Crippen LogP contribution in [-0.2, 0) is 6.54 Å². The third-order valence-corrected chi connectivity index (χ3v) is 3.77. The Hall–Kier alpha value is -1.84. The maximum Gasteiger partial charge on any atom is 0.0234 e. The molecule has 3 nitrogen and oxygen atoms in total. The molecule has 0 saturated carbocycles. The van der Waals surface area contributed by atoms with E-state index in [9.17, 15) is 0 Å². The van der Waals surface area contributed by atoms with Crippen molar-refractivity contribution in [3.8, 4) is 0 Å². The van der Waals surface area contributed by atoms with Crippen molar-refractivity contribution in [2.75, 3.05) is 26.2 Å². The van der Waals surface area contributed by atoms with Gasteiger partial charge in [0.05, 0.1) is 0 Å². The van der Waals surface area contributed by atoms with E-state index in [0.717, 1.165) is 43.9 Å². The molecule has 0 aromatic heterocycles. The van der Waals surface area contributed by atoms with Gasteiger partial charge in [0.25, 0.3) is 0 Å². The molecule has 0 spiro atoms. The van der Waals surface area contributed by atoms with Crippen LogP contribution in [0.25, 0.3) is 5.57 Å². The normalized spacial score (nSPS) is 17.8. The molecule has 1 aliphatic rings. The molecule has 21 heavy (non-hydrogen) atoms. The van der Waals surface area contributed by atoms with Crippen LogP contribution in [0.4, 0.5) is 0 Å². The summed E-state index contributed by atoms with van der Waals surface area (Å²) < 4.78 is 0. The van der Waals surface area contributed by atoms with Crippen molar-refractivity contribution in [3.63, 3.8) is 0 Å². The van der Waals surface area contributed by atoms with E-state index >= 15 is 0 Å². The molecule has 3 N–H and O–H groups in total. The fourth-order valence-electron chi connectivity index (χ4n) is 2.48. The number of benzene rings is 1. The highest BCUT2D eigenvalue weighted by Crippen LogP contribution is 2.19. The first-order chi connectivity index (χ1) is 10.2. The molecule has 0 bridgehead atoms. The standard InChI is InChI=1S/C18H25N3/c1-3-17(12-15(2)13-19)18-6-4-16(5-7-18)14-21-10-8-20-9-11-21/h3-7,12-13,20H,1,8-11,14,19H2,2H3/b15-13-,17-12+. The summed E-state index contributed by atoms with van der Waals surface area (Å²) in [6.07, 6.45) is 5.54. The van der Waals surface area contributed by atoms with Crippen molar-refractivity contribution in [2.45, 2.75) is 13.5 Å². The Morgan fingerprint density at radius 3 is 2.52 bits per heavy atom. The lowest BCUT2D eigenvalue weighted by molar-refractivity contribution is 0.233. The zero-order valence-corrected chi connectivity index (χ0v) is 12.8. The van der Waals surface area contributed by atoms with E-state index in [2.05, 4.69) is 47.1 Å². The van der Waals surface area contributed by atoms with Crippen LogP contribution in [0.3, 0.4) is 0 Å². The Labute approximate surface area is 127 Å². The largest absolute Gasteiger partial charge is 0.404 e. The summed E-state index contributed by atoms with van der Waals surface area (Å²) in [6, 6.07) is 8.73. The molecule has 0 aliphatic carbocycles. The Bertz CT molecular complexity index is 520. The zero-order valence-electron chi connectivity index (χ0n) is 12.8. The number of allylic oxidation sites excluding steroid dienone is 4. The van der Waals surface area contributed by atoms with Crippen molar-refractivity contribution in [1.29, 1.82) is 0 Å². The van der Waals surface area contributed by atoms with E-state index in [0.29, 0.717) is 0 Å². The van der Waals surface area contributed by atoms with Crippen molar-refractivity contribution < 1.29 is 0 Å². The highest BCUT2D eigenvalue weighted by molar-refractivity contribution is 5.75. The molecular formula is C18H25N3. The SMILES string of the molecule is C=C/C(=C\C(C)=C/N)c1ccc(CN2CCNCC2)cc1. The minimum atomic E-state index is 1.02. The van der Waals surface area contributed by atoms with Crippen molar-refractivity contribution in [3.05, 3.63) is 65.9 Å². The molecule has 1 aromatic rings. The predicted molar refractivity (Wildman–Crippen MR) is 90.7 cm³/mol. The molecule has 0 radical (unpaired) electrons. The van der Waals surface area contributed by atoms with Crippen LogP contribution in [-0.4, -0.2) is 31.1 Å². The van der Waals surface area contributed by atoms with Crippen molar-refractivity contribution in [1.82, 2.24) is 10.2 Å². The topological polar surface area (TPSA) is 41.3 Å². The van der Waals surface area contributed by atoms with Crippen molar-refractivity contribution >= 4 is 5.57 Å². The average Bonchev–Trinajstić information content (AvgIpc) is 2.54. The van der Waals surface area contributed by atoms with Gasteiger partial charge >= 0.3 is 0 Å². The molecule has 1 saturated heterocycles. The maximum atomic E-state index is 5.53. The quantitative estimate of drug-likeness (QED) is 0.816. The van der Waals surface area contributed by atoms with Gasteiger partial charge in [0.1, 0.15) is 0 Å². The van der Waals surface area contributed by atoms with Crippen LogP contribution < -0.4 is 11.1 Å². The fourth-order valence-corrected chi connectivity index (χ4v) is 2.48. The summed E-state index contributed by atoms with van der Waals surface area (Å²) in [6.45, 7) is 11.3. The first-order valence-electron chi connectivity index (χ1n) is 7.48. The Morgan fingerprint density at radius 1 is 1.29 bits per heavy atom. The molecule has 0 unspecified atom stereocenters. The van der Waals surface area contributed by atoms with E-state index < -0.39 is 0 Å². The second kappa shape index (κ2) is 7.81. The smallest absolute Gasteiger partial charge is 0.0234 e. The van der Waals surface area contributed by atoms with Gasteiger partial charge in [-0.25, -0.2) is 0 Å². The minimum absolute atomic E-state index is 1.02. The predicted octanol–water partition coefficient (Wildman–Crippen LogP) is 2.52. The lowest BCUT2D eigenvalue weighted by atomic mass is 10.0. The Balaban J connectivity index is 2.06. The summed E-state index contributed by atoms with van der Waals surface area (Å²) in [5.74, 6) is 0. The third-order valence-electron chi connectivity index (χ3n) is 3.77. The van der Waals surface area contributed by atoms with Crippen LogP contribution in [0.2, 0.25) is 0 Å². The summed E-state index contributed by atoms with van der Waals surface area (Å²) in [4.78, 5) is 2.48. The first kappa shape index (κ1) is 15.5. The Kier molecular flexibility index (Phi) is 5.78. The number of nitrogens with zero attached hydrogens (tertiary/aromatic N) is 1. The van der Waals surface area contributed by atoms with Gasteiger partial charge in [-0.05, 0) is 35.4 Å². The van der Waals surface area contributed by atoms with Crippen LogP contribution in [0.15, 0.2) is 54.8 Å². The Morgan fingerprint density at radius 2 is 1.95 bits per heavy atom. The third kappa shape index (κ3) is 4.59. The van der Waals surface area contributed by atoms with Crippen molar-refractivity contribution in [2.24, 2.45) is 5.73 Å². The molecule has 2 rings (SSSR count). The van der Waals surface area contributed by atoms with Crippen LogP contribution >= 0.6 is 0 Å². The number of hydrogen-bond acceptors (Lipinski definition) is 3. The van der Waals surface area contributed by atoms with E-state index in [1.165, 1.54) is 11.1 Å². The monoisotopic (exact) mass is 283 g/mol. The summed E-state index contributed by atoms with van der Waals surface area (Å²) in [7, 11) is 0.